The number of carbonyl (C=O) groups excluding carboxylic acids is 2. The van der Waals surface area contributed by atoms with Crippen LogP contribution in [0.25, 0.3) is 0 Å². The highest BCUT2D eigenvalue weighted by Gasteiger charge is 2.31. The van der Waals surface area contributed by atoms with Crippen LogP contribution in [0.4, 0.5) is 16.4 Å². The number of thiophene rings is 1. The van der Waals surface area contributed by atoms with Crippen LogP contribution in [0.2, 0.25) is 0 Å². The highest BCUT2D eigenvalue weighted by atomic mass is 32.2. The van der Waals surface area contributed by atoms with E-state index in [0.29, 0.717) is 28.6 Å². The molecule has 47 heavy (non-hydrogen) atoms. The summed E-state index contributed by atoms with van der Waals surface area (Å²) in [5.74, 6) is -0.650. The van der Waals surface area contributed by atoms with Crippen molar-refractivity contribution in [3.05, 3.63) is 142 Å². The summed E-state index contributed by atoms with van der Waals surface area (Å²) < 4.78 is 5.20. The summed E-state index contributed by atoms with van der Waals surface area (Å²) in [6, 6.07) is 37.5. The monoisotopic (exact) mass is 678 g/mol. The van der Waals surface area contributed by atoms with E-state index in [1.54, 1.807) is 0 Å². The lowest BCUT2D eigenvalue weighted by Crippen LogP contribution is -2.29. The van der Waals surface area contributed by atoms with Crippen LogP contribution in [-0.2, 0) is 29.0 Å². The van der Waals surface area contributed by atoms with Crippen molar-refractivity contribution in [1.82, 2.24) is 4.90 Å². The number of hydrogen-bond acceptors (Lipinski definition) is 7. The van der Waals surface area contributed by atoms with Crippen LogP contribution in [-0.4, -0.2) is 35.5 Å². The van der Waals surface area contributed by atoms with E-state index in [1.807, 2.05) is 103 Å². The lowest BCUT2D eigenvalue weighted by Gasteiger charge is -2.27. The Kier molecular flexibility index (Phi) is 10.6. The Morgan fingerprint density at radius 3 is 2.26 bits per heavy atom. The van der Waals surface area contributed by atoms with E-state index >= 15 is 0 Å². The number of carbonyl (C=O) groups is 2. The van der Waals surface area contributed by atoms with Crippen molar-refractivity contribution in [2.75, 3.05) is 29.6 Å². The molecule has 1 aromatic heterocycles. The third-order valence-corrected chi connectivity index (χ3v) is 10.3. The van der Waals surface area contributed by atoms with E-state index < -0.39 is 11.2 Å². The molecule has 6 rings (SSSR count). The molecule has 2 heterocycles. The number of thioether (sulfide) groups is 1. The van der Waals surface area contributed by atoms with E-state index in [4.69, 9.17) is 17.0 Å². The molecule has 1 aliphatic heterocycles. The fraction of sp³-hybridized carbons (Fsp3) is 0.162. The van der Waals surface area contributed by atoms with Gasteiger partial charge in [-0.1, -0.05) is 84.9 Å². The molecular formula is C37H34N4O3S3. The molecule has 5 aromatic rings. The third kappa shape index (κ3) is 8.28. The van der Waals surface area contributed by atoms with Crippen molar-refractivity contribution < 1.29 is 14.3 Å². The van der Waals surface area contributed by atoms with Gasteiger partial charge in [0.05, 0.1) is 12.7 Å². The zero-order valence-electron chi connectivity index (χ0n) is 25.8. The molecule has 0 radical (unpaired) electrons. The summed E-state index contributed by atoms with van der Waals surface area (Å²) >= 11 is 8.42. The van der Waals surface area contributed by atoms with E-state index in [0.717, 1.165) is 45.4 Å². The van der Waals surface area contributed by atoms with Gasteiger partial charge in [-0.2, -0.15) is 0 Å². The van der Waals surface area contributed by atoms with Crippen LogP contribution in [0.1, 0.15) is 37.2 Å². The second kappa shape index (κ2) is 15.4. The Balaban J connectivity index is 1.21. The fourth-order valence-corrected chi connectivity index (χ4v) is 8.12. The van der Waals surface area contributed by atoms with Crippen molar-refractivity contribution in [3.8, 4) is 0 Å². The second-order valence-corrected chi connectivity index (χ2v) is 13.7. The summed E-state index contributed by atoms with van der Waals surface area (Å²) in [4.78, 5) is 31.5. The highest BCUT2D eigenvalue weighted by molar-refractivity contribution is 8.00. The Labute approximate surface area is 288 Å². The number of para-hydroxylation sites is 1. The number of amides is 1. The average molecular weight is 679 g/mol. The van der Waals surface area contributed by atoms with Crippen LogP contribution in [0, 0.1) is 0 Å². The molecule has 238 valence electrons. The SMILES string of the molecule is COC(=O)c1c(NC(=O)C(Sc2cccc(NC(=S)Nc3ccccc3)c2)c2ccccc2)sc2c1CCN(Cc1ccccc1)C2. The number of esters is 1. The number of nitrogens with zero attached hydrogens (tertiary/aromatic N) is 1. The minimum atomic E-state index is -0.583. The molecule has 1 amide bonds. The van der Waals surface area contributed by atoms with E-state index in [9.17, 15) is 9.59 Å². The maximum absolute atomic E-state index is 14.1. The van der Waals surface area contributed by atoms with Crippen molar-refractivity contribution in [2.45, 2.75) is 29.7 Å². The number of anilines is 3. The lowest BCUT2D eigenvalue weighted by molar-refractivity contribution is -0.115. The maximum Gasteiger partial charge on any atom is 0.341 e. The van der Waals surface area contributed by atoms with E-state index in [1.165, 1.54) is 35.8 Å². The topological polar surface area (TPSA) is 82.7 Å². The van der Waals surface area contributed by atoms with E-state index in [-0.39, 0.29) is 5.91 Å². The summed E-state index contributed by atoms with van der Waals surface area (Å²) in [7, 11) is 1.38. The molecule has 4 aromatic carbocycles. The zero-order valence-corrected chi connectivity index (χ0v) is 28.2. The molecule has 7 nitrogen and oxygen atoms in total. The quantitative estimate of drug-likeness (QED) is 0.0773. The summed E-state index contributed by atoms with van der Waals surface area (Å²) in [5, 5.41) is 9.97. The van der Waals surface area contributed by atoms with Gasteiger partial charge in [0.1, 0.15) is 10.3 Å². The van der Waals surface area contributed by atoms with Gasteiger partial charge in [0, 0.05) is 40.8 Å². The first-order chi connectivity index (χ1) is 23.0. The van der Waals surface area contributed by atoms with Crippen molar-refractivity contribution in [1.29, 1.82) is 0 Å². The second-order valence-electron chi connectivity index (χ2n) is 11.0. The number of rotatable bonds is 10. The molecule has 0 bridgehead atoms. The number of benzene rings is 4. The minimum Gasteiger partial charge on any atom is -0.465 e. The molecular weight excluding hydrogens is 645 g/mol. The molecule has 1 unspecified atom stereocenters. The van der Waals surface area contributed by atoms with Crippen LogP contribution < -0.4 is 16.0 Å². The lowest BCUT2D eigenvalue weighted by atomic mass is 10.0. The van der Waals surface area contributed by atoms with Crippen molar-refractivity contribution in [3.63, 3.8) is 0 Å². The Bertz CT molecular complexity index is 1850. The maximum atomic E-state index is 14.1. The standard InChI is InChI=1S/C37H34N4O3S3/c1-44-36(43)32-30-20-21-41(23-25-12-5-2-6-13-25)24-31(30)47-35(32)40-34(42)33(26-14-7-3-8-15-26)46-29-19-11-18-28(22-29)39-37(45)38-27-16-9-4-10-17-27/h2-19,22,33H,20-21,23-24H2,1H3,(H,40,42)(H2,38,39,45). The molecule has 0 fully saturated rings. The molecule has 0 saturated heterocycles. The van der Waals surface area contributed by atoms with Gasteiger partial charge in [0.25, 0.3) is 0 Å². The van der Waals surface area contributed by atoms with Gasteiger partial charge in [0.2, 0.25) is 5.91 Å². The van der Waals surface area contributed by atoms with E-state index in [2.05, 4.69) is 33.0 Å². The number of nitrogens with one attached hydrogen (secondary N) is 3. The van der Waals surface area contributed by atoms with Gasteiger partial charge >= 0.3 is 5.97 Å². The predicted molar refractivity (Wildman–Crippen MR) is 196 cm³/mol. The Morgan fingerprint density at radius 1 is 0.872 bits per heavy atom. The third-order valence-electron chi connectivity index (χ3n) is 7.73. The first-order valence-corrected chi connectivity index (χ1v) is 17.3. The minimum absolute atomic E-state index is 0.217. The zero-order chi connectivity index (χ0) is 32.6. The van der Waals surface area contributed by atoms with Gasteiger partial charge < -0.3 is 20.7 Å². The highest BCUT2D eigenvalue weighted by Crippen LogP contribution is 2.41. The van der Waals surface area contributed by atoms with Crippen LogP contribution in [0.5, 0.6) is 0 Å². The average Bonchev–Trinajstić information content (AvgIpc) is 3.45. The molecule has 0 saturated carbocycles. The van der Waals surface area contributed by atoms with Gasteiger partial charge in [0.15, 0.2) is 5.11 Å². The van der Waals surface area contributed by atoms with Crippen LogP contribution >= 0.6 is 35.3 Å². The smallest absolute Gasteiger partial charge is 0.341 e. The predicted octanol–water partition coefficient (Wildman–Crippen LogP) is 8.37. The molecule has 10 heteroatoms. The Hall–Kier alpha value is -4.48. The molecule has 0 aliphatic carbocycles. The molecule has 3 N–H and O–H groups in total. The number of ether oxygens (including phenoxy) is 1. The van der Waals surface area contributed by atoms with Gasteiger partial charge in [-0.05, 0) is 65.7 Å². The number of thiocarbonyl (C=S) groups is 1. The van der Waals surface area contributed by atoms with Crippen LogP contribution in [0.15, 0.2) is 120 Å². The van der Waals surface area contributed by atoms with Crippen molar-refractivity contribution >= 4 is 68.7 Å². The largest absolute Gasteiger partial charge is 0.465 e. The summed E-state index contributed by atoms with van der Waals surface area (Å²) in [5.41, 5.74) is 5.21. The fourth-order valence-electron chi connectivity index (χ4n) is 5.52. The summed E-state index contributed by atoms with van der Waals surface area (Å²) in [6.07, 6.45) is 0.705. The molecule has 1 atom stereocenters. The first kappa shape index (κ1) is 32.5. The number of hydrogen-bond donors (Lipinski definition) is 3. The summed E-state index contributed by atoms with van der Waals surface area (Å²) in [6.45, 7) is 2.33. The first-order valence-electron chi connectivity index (χ1n) is 15.2. The Morgan fingerprint density at radius 2 is 1.53 bits per heavy atom. The van der Waals surface area contributed by atoms with Crippen molar-refractivity contribution in [2.24, 2.45) is 0 Å². The number of fused-ring (bicyclic) bond motifs is 1. The van der Waals surface area contributed by atoms with Gasteiger partial charge in [-0.25, -0.2) is 4.79 Å². The number of methoxy groups -OCH3 is 1. The van der Waals surface area contributed by atoms with Gasteiger partial charge in [-0.15, -0.1) is 23.1 Å². The molecule has 0 spiro atoms. The van der Waals surface area contributed by atoms with Crippen LogP contribution in [0.3, 0.4) is 0 Å². The normalized spacial score (nSPS) is 13.2. The molecule has 1 aliphatic rings. The van der Waals surface area contributed by atoms with Gasteiger partial charge in [-0.3, -0.25) is 9.69 Å².